The van der Waals surface area contributed by atoms with Gasteiger partial charge in [0.05, 0.1) is 7.11 Å². The SMILES string of the molecule is CCNC(=O)c1c(OCc2ccccc2)c(OCc2ccccc2)c(C(=O)NCC)n1-c1ccc(OC)cc1. The smallest absolute Gasteiger partial charge is 0.272 e. The molecule has 39 heavy (non-hydrogen) atoms. The predicted octanol–water partition coefficient (Wildman–Crippen LogP) is 5.14. The van der Waals surface area contributed by atoms with Crippen molar-refractivity contribution in [2.24, 2.45) is 0 Å². The van der Waals surface area contributed by atoms with Crippen molar-refractivity contribution in [3.63, 3.8) is 0 Å². The van der Waals surface area contributed by atoms with Gasteiger partial charge in [0.15, 0.2) is 22.9 Å². The topological polar surface area (TPSA) is 90.8 Å². The van der Waals surface area contributed by atoms with Crippen molar-refractivity contribution in [3.05, 3.63) is 107 Å². The third-order valence-electron chi connectivity index (χ3n) is 5.97. The Morgan fingerprint density at radius 2 is 1.10 bits per heavy atom. The summed E-state index contributed by atoms with van der Waals surface area (Å²) in [6, 6.07) is 26.3. The van der Waals surface area contributed by atoms with Crippen LogP contribution in [0.15, 0.2) is 84.9 Å². The highest BCUT2D eigenvalue weighted by atomic mass is 16.5. The minimum atomic E-state index is -0.392. The predicted molar refractivity (Wildman–Crippen MR) is 150 cm³/mol. The van der Waals surface area contributed by atoms with Crippen molar-refractivity contribution < 1.29 is 23.8 Å². The fourth-order valence-corrected chi connectivity index (χ4v) is 4.14. The molecule has 0 bridgehead atoms. The van der Waals surface area contributed by atoms with Gasteiger partial charge in [0.25, 0.3) is 11.8 Å². The van der Waals surface area contributed by atoms with Crippen LogP contribution >= 0.6 is 0 Å². The lowest BCUT2D eigenvalue weighted by Gasteiger charge is -2.14. The van der Waals surface area contributed by atoms with Crippen molar-refractivity contribution >= 4 is 11.8 Å². The Bertz CT molecular complexity index is 1300. The van der Waals surface area contributed by atoms with Crippen molar-refractivity contribution in [1.29, 1.82) is 0 Å². The number of nitrogens with zero attached hydrogens (tertiary/aromatic N) is 1. The average molecular weight is 528 g/mol. The van der Waals surface area contributed by atoms with Crippen molar-refractivity contribution in [3.8, 4) is 22.9 Å². The molecule has 3 aromatic carbocycles. The highest BCUT2D eigenvalue weighted by Crippen LogP contribution is 2.41. The molecule has 0 aliphatic heterocycles. The molecule has 0 aliphatic carbocycles. The summed E-state index contributed by atoms with van der Waals surface area (Å²) in [7, 11) is 1.58. The van der Waals surface area contributed by atoms with Crippen LogP contribution in [-0.2, 0) is 13.2 Å². The van der Waals surface area contributed by atoms with Gasteiger partial charge in [-0.2, -0.15) is 0 Å². The maximum absolute atomic E-state index is 13.6. The van der Waals surface area contributed by atoms with E-state index in [1.807, 2.05) is 74.5 Å². The molecule has 0 unspecified atom stereocenters. The number of benzene rings is 3. The number of aromatic nitrogens is 1. The van der Waals surface area contributed by atoms with E-state index in [1.165, 1.54) is 0 Å². The summed E-state index contributed by atoms with van der Waals surface area (Å²) in [5.41, 5.74) is 2.73. The standard InChI is InChI=1S/C31H33N3O5/c1-4-32-30(35)26-28(38-20-22-12-8-6-9-13-22)29(39-21-23-14-10-7-11-15-23)27(31(36)33-5-2)34(26)24-16-18-25(37-3)19-17-24/h6-19H,4-5,20-21H2,1-3H3,(H,32,35)(H,33,36). The molecule has 1 heterocycles. The van der Waals surface area contributed by atoms with Gasteiger partial charge in [-0.3, -0.25) is 14.2 Å². The van der Waals surface area contributed by atoms with Crippen LogP contribution in [0, 0.1) is 0 Å². The summed E-state index contributed by atoms with van der Waals surface area (Å²) < 4.78 is 19.5. The molecule has 2 N–H and O–H groups in total. The molecule has 0 fully saturated rings. The lowest BCUT2D eigenvalue weighted by atomic mass is 10.2. The van der Waals surface area contributed by atoms with E-state index in [0.717, 1.165) is 11.1 Å². The Morgan fingerprint density at radius 1 is 0.667 bits per heavy atom. The molecule has 0 radical (unpaired) electrons. The monoisotopic (exact) mass is 527 g/mol. The first-order valence-corrected chi connectivity index (χ1v) is 12.9. The van der Waals surface area contributed by atoms with Gasteiger partial charge in [-0.15, -0.1) is 0 Å². The Labute approximate surface area is 228 Å². The minimum absolute atomic E-state index is 0.169. The highest BCUT2D eigenvalue weighted by molar-refractivity contribution is 6.04. The summed E-state index contributed by atoms with van der Waals surface area (Å²) >= 11 is 0. The maximum atomic E-state index is 13.6. The summed E-state index contributed by atoms with van der Waals surface area (Å²) in [5.74, 6) is 0.245. The number of carbonyl (C=O) groups excluding carboxylic acids is 2. The first-order chi connectivity index (χ1) is 19.1. The van der Waals surface area contributed by atoms with E-state index >= 15 is 0 Å². The molecule has 4 rings (SSSR count). The molecule has 4 aromatic rings. The van der Waals surface area contributed by atoms with E-state index in [1.54, 1.807) is 35.9 Å². The van der Waals surface area contributed by atoms with Gasteiger partial charge >= 0.3 is 0 Å². The number of methoxy groups -OCH3 is 1. The number of amides is 2. The van der Waals surface area contributed by atoms with E-state index < -0.39 is 11.8 Å². The highest BCUT2D eigenvalue weighted by Gasteiger charge is 2.34. The second-order valence-corrected chi connectivity index (χ2v) is 8.66. The molecular weight excluding hydrogens is 494 g/mol. The molecule has 8 heteroatoms. The van der Waals surface area contributed by atoms with Gasteiger partial charge in [-0.25, -0.2) is 0 Å². The molecule has 0 saturated carbocycles. The van der Waals surface area contributed by atoms with Gasteiger partial charge in [0.1, 0.15) is 19.0 Å². The second-order valence-electron chi connectivity index (χ2n) is 8.66. The summed E-state index contributed by atoms with van der Waals surface area (Å²) in [6.07, 6.45) is 0. The number of hydrogen-bond donors (Lipinski definition) is 2. The van der Waals surface area contributed by atoms with Crippen molar-refractivity contribution in [1.82, 2.24) is 15.2 Å². The number of hydrogen-bond acceptors (Lipinski definition) is 5. The van der Waals surface area contributed by atoms with Gasteiger partial charge in [-0.05, 0) is 49.2 Å². The number of nitrogens with one attached hydrogen (secondary N) is 2. The largest absolute Gasteiger partial charge is 0.497 e. The Hall–Kier alpha value is -4.72. The summed E-state index contributed by atoms with van der Waals surface area (Å²) in [4.78, 5) is 27.2. The molecule has 0 saturated heterocycles. The van der Waals surface area contributed by atoms with Crippen LogP contribution < -0.4 is 24.8 Å². The van der Waals surface area contributed by atoms with Gasteiger partial charge in [-0.1, -0.05) is 60.7 Å². The van der Waals surface area contributed by atoms with Gasteiger partial charge in [0, 0.05) is 18.8 Å². The quantitative estimate of drug-likeness (QED) is 0.266. The van der Waals surface area contributed by atoms with Gasteiger partial charge < -0.3 is 24.8 Å². The lowest BCUT2D eigenvalue weighted by molar-refractivity contribution is 0.0942. The molecule has 202 valence electrons. The van der Waals surface area contributed by atoms with E-state index in [2.05, 4.69) is 10.6 Å². The molecule has 2 amide bonds. The minimum Gasteiger partial charge on any atom is -0.497 e. The lowest BCUT2D eigenvalue weighted by Crippen LogP contribution is -2.29. The fraction of sp³-hybridized carbons (Fsp3) is 0.226. The zero-order valence-corrected chi connectivity index (χ0v) is 22.4. The summed E-state index contributed by atoms with van der Waals surface area (Å²) in [5, 5.41) is 5.73. The molecule has 8 nitrogen and oxygen atoms in total. The Balaban J connectivity index is 1.94. The zero-order chi connectivity index (χ0) is 27.6. The number of rotatable bonds is 12. The summed E-state index contributed by atoms with van der Waals surface area (Å²) in [6.45, 7) is 4.80. The van der Waals surface area contributed by atoms with Crippen LogP contribution in [0.1, 0.15) is 46.0 Å². The van der Waals surface area contributed by atoms with E-state index in [-0.39, 0.29) is 36.1 Å². The Morgan fingerprint density at radius 3 is 1.49 bits per heavy atom. The van der Waals surface area contributed by atoms with Crippen molar-refractivity contribution in [2.45, 2.75) is 27.1 Å². The van der Waals surface area contributed by atoms with Crippen molar-refractivity contribution in [2.75, 3.05) is 20.2 Å². The normalized spacial score (nSPS) is 10.5. The van der Waals surface area contributed by atoms with E-state index in [9.17, 15) is 9.59 Å². The van der Waals surface area contributed by atoms with Crippen LogP contribution in [0.2, 0.25) is 0 Å². The third kappa shape index (κ3) is 6.41. The molecule has 0 spiro atoms. The maximum Gasteiger partial charge on any atom is 0.272 e. The first-order valence-electron chi connectivity index (χ1n) is 12.9. The molecule has 1 aromatic heterocycles. The average Bonchev–Trinajstić information content (AvgIpc) is 3.30. The van der Waals surface area contributed by atoms with E-state index in [4.69, 9.17) is 14.2 Å². The van der Waals surface area contributed by atoms with E-state index in [0.29, 0.717) is 24.5 Å². The van der Waals surface area contributed by atoms with Crippen LogP contribution in [0.25, 0.3) is 5.69 Å². The van der Waals surface area contributed by atoms with Gasteiger partial charge in [0.2, 0.25) is 0 Å². The third-order valence-corrected chi connectivity index (χ3v) is 5.97. The number of carbonyl (C=O) groups is 2. The Kier molecular flexibility index (Phi) is 9.24. The molecule has 0 aliphatic rings. The van der Waals surface area contributed by atoms with Crippen LogP contribution in [0.5, 0.6) is 17.2 Å². The first kappa shape index (κ1) is 27.3. The van der Waals surface area contributed by atoms with Crippen LogP contribution in [0.4, 0.5) is 0 Å². The molecule has 0 atom stereocenters. The second kappa shape index (κ2) is 13.2. The van der Waals surface area contributed by atoms with Crippen LogP contribution in [-0.4, -0.2) is 36.6 Å². The molecular formula is C31H33N3O5. The zero-order valence-electron chi connectivity index (χ0n) is 22.4. The fourth-order valence-electron chi connectivity index (χ4n) is 4.14. The number of ether oxygens (including phenoxy) is 3. The van der Waals surface area contributed by atoms with Crippen LogP contribution in [0.3, 0.4) is 0 Å².